The van der Waals surface area contributed by atoms with Gasteiger partial charge in [-0.2, -0.15) is 0 Å². The Morgan fingerprint density at radius 3 is 2.50 bits per heavy atom. The van der Waals surface area contributed by atoms with Crippen LogP contribution in [0.4, 0.5) is 0 Å². The largest absolute Gasteiger partial charge is 0.494 e. The highest BCUT2D eigenvalue weighted by Gasteiger charge is 2.07. The van der Waals surface area contributed by atoms with Crippen molar-refractivity contribution in [1.29, 1.82) is 0 Å². The lowest BCUT2D eigenvalue weighted by molar-refractivity contribution is -0.136. The zero-order valence-electron chi connectivity index (χ0n) is 12.5. The minimum Gasteiger partial charge on any atom is -0.494 e. The lowest BCUT2D eigenvalue weighted by Crippen LogP contribution is -2.02. The molecule has 0 atom stereocenters. The first-order chi connectivity index (χ1) is 10.6. The number of unbranched alkanes of at least 4 members (excludes halogenated alkanes) is 1. The second-order valence-corrected chi connectivity index (χ2v) is 5.58. The number of hydrogen-bond donors (Lipinski definition) is 1. The second-order valence-electron chi connectivity index (χ2n) is 5.15. The molecular formula is C18H19ClO3. The van der Waals surface area contributed by atoms with Crippen molar-refractivity contribution in [2.24, 2.45) is 0 Å². The first kappa shape index (κ1) is 16.4. The van der Waals surface area contributed by atoms with E-state index < -0.39 is 5.97 Å². The number of carboxylic acid groups (broad SMARTS) is 1. The van der Waals surface area contributed by atoms with Gasteiger partial charge in [0, 0.05) is 5.02 Å². The van der Waals surface area contributed by atoms with E-state index in [0.717, 1.165) is 29.5 Å². The van der Waals surface area contributed by atoms with Gasteiger partial charge in [-0.1, -0.05) is 43.1 Å². The molecule has 0 unspecified atom stereocenters. The standard InChI is InChI=1S/C18H19ClO3/c1-2-3-8-22-17-10-13(11-18(20)21)9-15(12-17)14-4-6-16(19)7-5-14/h4-7,9-10,12H,2-3,8,11H2,1H3,(H,20,21). The SMILES string of the molecule is CCCCOc1cc(CC(=O)O)cc(-c2ccc(Cl)cc2)c1. The molecule has 0 saturated heterocycles. The predicted octanol–water partition coefficient (Wildman–Crippen LogP) is 4.81. The van der Waals surface area contributed by atoms with Crippen molar-refractivity contribution in [1.82, 2.24) is 0 Å². The molecule has 0 heterocycles. The number of ether oxygens (including phenoxy) is 1. The van der Waals surface area contributed by atoms with Gasteiger partial charge in [-0.05, 0) is 47.4 Å². The molecule has 2 aromatic rings. The Morgan fingerprint density at radius 2 is 1.86 bits per heavy atom. The Labute approximate surface area is 135 Å². The molecule has 1 N–H and O–H groups in total. The van der Waals surface area contributed by atoms with Crippen LogP contribution in [0.1, 0.15) is 25.3 Å². The van der Waals surface area contributed by atoms with E-state index in [-0.39, 0.29) is 6.42 Å². The summed E-state index contributed by atoms with van der Waals surface area (Å²) >= 11 is 5.91. The van der Waals surface area contributed by atoms with Crippen LogP contribution in [0.5, 0.6) is 5.75 Å². The van der Waals surface area contributed by atoms with Crippen LogP contribution in [0.3, 0.4) is 0 Å². The van der Waals surface area contributed by atoms with Crippen LogP contribution in [0.15, 0.2) is 42.5 Å². The quantitative estimate of drug-likeness (QED) is 0.745. The van der Waals surface area contributed by atoms with Gasteiger partial charge in [-0.15, -0.1) is 0 Å². The van der Waals surface area contributed by atoms with E-state index in [1.807, 2.05) is 36.4 Å². The number of rotatable bonds is 7. The molecule has 0 aliphatic carbocycles. The summed E-state index contributed by atoms with van der Waals surface area (Å²) in [5.41, 5.74) is 2.64. The molecule has 116 valence electrons. The van der Waals surface area contributed by atoms with Crippen LogP contribution >= 0.6 is 11.6 Å². The average molecular weight is 319 g/mol. The van der Waals surface area contributed by atoms with E-state index in [1.54, 1.807) is 6.07 Å². The van der Waals surface area contributed by atoms with E-state index in [2.05, 4.69) is 6.92 Å². The van der Waals surface area contributed by atoms with Crippen LogP contribution < -0.4 is 4.74 Å². The third kappa shape index (κ3) is 4.78. The fraction of sp³-hybridized carbons (Fsp3) is 0.278. The van der Waals surface area contributed by atoms with Crippen molar-refractivity contribution in [3.63, 3.8) is 0 Å². The summed E-state index contributed by atoms with van der Waals surface area (Å²) in [6, 6.07) is 13.1. The molecule has 0 aromatic heterocycles. The molecule has 3 nitrogen and oxygen atoms in total. The van der Waals surface area contributed by atoms with Crippen molar-refractivity contribution in [3.8, 4) is 16.9 Å². The van der Waals surface area contributed by atoms with Crippen LogP contribution in [0.2, 0.25) is 5.02 Å². The predicted molar refractivity (Wildman–Crippen MR) is 88.6 cm³/mol. The fourth-order valence-electron chi connectivity index (χ4n) is 2.16. The summed E-state index contributed by atoms with van der Waals surface area (Å²) in [6.45, 7) is 2.73. The van der Waals surface area contributed by atoms with Gasteiger partial charge in [0.05, 0.1) is 13.0 Å². The molecule has 4 heteroatoms. The minimum absolute atomic E-state index is 0.0223. The summed E-state index contributed by atoms with van der Waals surface area (Å²) in [5, 5.41) is 9.68. The third-order valence-electron chi connectivity index (χ3n) is 3.27. The monoisotopic (exact) mass is 318 g/mol. The van der Waals surface area contributed by atoms with Crippen LogP contribution in [-0.4, -0.2) is 17.7 Å². The molecule has 0 aliphatic rings. The Bertz CT molecular complexity index is 635. The summed E-state index contributed by atoms with van der Waals surface area (Å²) < 4.78 is 5.74. The van der Waals surface area contributed by atoms with Crippen LogP contribution in [0.25, 0.3) is 11.1 Å². The zero-order chi connectivity index (χ0) is 15.9. The summed E-state index contributed by atoms with van der Waals surface area (Å²) in [5.74, 6) is -0.148. The van der Waals surface area contributed by atoms with E-state index >= 15 is 0 Å². The first-order valence-corrected chi connectivity index (χ1v) is 7.71. The molecular weight excluding hydrogens is 300 g/mol. The smallest absolute Gasteiger partial charge is 0.307 e. The molecule has 0 fully saturated rings. The Balaban J connectivity index is 2.32. The van der Waals surface area contributed by atoms with Gasteiger partial charge in [0.2, 0.25) is 0 Å². The Morgan fingerprint density at radius 1 is 1.14 bits per heavy atom. The molecule has 2 aromatic carbocycles. The maximum absolute atomic E-state index is 11.0. The van der Waals surface area contributed by atoms with E-state index in [9.17, 15) is 4.79 Å². The van der Waals surface area contributed by atoms with Crippen LogP contribution in [-0.2, 0) is 11.2 Å². The first-order valence-electron chi connectivity index (χ1n) is 7.33. The maximum atomic E-state index is 11.0. The Hall–Kier alpha value is -2.00. The molecule has 0 saturated carbocycles. The van der Waals surface area contributed by atoms with Crippen molar-refractivity contribution < 1.29 is 14.6 Å². The van der Waals surface area contributed by atoms with E-state index in [0.29, 0.717) is 17.4 Å². The third-order valence-corrected chi connectivity index (χ3v) is 3.52. The summed E-state index contributed by atoms with van der Waals surface area (Å²) in [7, 11) is 0. The molecule has 0 aliphatic heterocycles. The van der Waals surface area contributed by atoms with Crippen molar-refractivity contribution in [3.05, 3.63) is 53.1 Å². The maximum Gasteiger partial charge on any atom is 0.307 e. The average Bonchev–Trinajstić information content (AvgIpc) is 2.47. The molecule has 0 amide bonds. The van der Waals surface area contributed by atoms with Gasteiger partial charge in [-0.25, -0.2) is 0 Å². The lowest BCUT2D eigenvalue weighted by atomic mass is 10.0. The van der Waals surface area contributed by atoms with Crippen molar-refractivity contribution >= 4 is 17.6 Å². The van der Waals surface area contributed by atoms with Gasteiger partial charge in [0.25, 0.3) is 0 Å². The number of hydrogen-bond acceptors (Lipinski definition) is 2. The highest BCUT2D eigenvalue weighted by molar-refractivity contribution is 6.30. The highest BCUT2D eigenvalue weighted by Crippen LogP contribution is 2.27. The normalized spacial score (nSPS) is 10.5. The van der Waals surface area contributed by atoms with Gasteiger partial charge in [-0.3, -0.25) is 4.79 Å². The zero-order valence-corrected chi connectivity index (χ0v) is 13.3. The van der Waals surface area contributed by atoms with Gasteiger partial charge in [0.1, 0.15) is 5.75 Å². The fourth-order valence-corrected chi connectivity index (χ4v) is 2.29. The van der Waals surface area contributed by atoms with Gasteiger partial charge < -0.3 is 9.84 Å². The molecule has 2 rings (SSSR count). The Kier molecular flexibility index (Phi) is 5.84. The molecule has 0 bridgehead atoms. The summed E-state index contributed by atoms with van der Waals surface area (Å²) in [4.78, 5) is 11.0. The molecule has 22 heavy (non-hydrogen) atoms. The number of carboxylic acids is 1. The number of carbonyl (C=O) groups is 1. The van der Waals surface area contributed by atoms with Crippen molar-refractivity contribution in [2.45, 2.75) is 26.2 Å². The summed E-state index contributed by atoms with van der Waals surface area (Å²) in [6.07, 6.45) is 2.00. The number of benzene rings is 2. The lowest BCUT2D eigenvalue weighted by Gasteiger charge is -2.11. The van der Waals surface area contributed by atoms with Gasteiger partial charge >= 0.3 is 5.97 Å². The van der Waals surface area contributed by atoms with Gasteiger partial charge in [0.15, 0.2) is 0 Å². The molecule has 0 spiro atoms. The topological polar surface area (TPSA) is 46.5 Å². The number of aliphatic carboxylic acids is 1. The molecule has 0 radical (unpaired) electrons. The van der Waals surface area contributed by atoms with Crippen molar-refractivity contribution in [2.75, 3.05) is 6.61 Å². The van der Waals surface area contributed by atoms with Crippen LogP contribution in [0, 0.1) is 0 Å². The minimum atomic E-state index is -0.854. The number of halogens is 1. The van der Waals surface area contributed by atoms with E-state index in [1.165, 1.54) is 0 Å². The highest BCUT2D eigenvalue weighted by atomic mass is 35.5. The van der Waals surface area contributed by atoms with E-state index in [4.69, 9.17) is 21.4 Å². The second kappa shape index (κ2) is 7.85.